The zero-order valence-corrected chi connectivity index (χ0v) is 14.6. The number of nitrogens with zero attached hydrogens (tertiary/aromatic N) is 3. The van der Waals surface area contributed by atoms with Crippen LogP contribution < -0.4 is 10.6 Å². The predicted octanol–water partition coefficient (Wildman–Crippen LogP) is 3.26. The van der Waals surface area contributed by atoms with Crippen LogP contribution in [-0.2, 0) is 11.0 Å². The van der Waals surface area contributed by atoms with Crippen LogP contribution in [0.5, 0.6) is 0 Å². The first-order valence-electron chi connectivity index (χ1n) is 8.72. The molecule has 0 radical (unpaired) electrons. The van der Waals surface area contributed by atoms with E-state index in [9.17, 15) is 18.0 Å². The van der Waals surface area contributed by atoms with Crippen LogP contribution in [0.15, 0.2) is 42.9 Å². The highest BCUT2D eigenvalue weighted by Gasteiger charge is 2.30. The van der Waals surface area contributed by atoms with Crippen LogP contribution in [0.2, 0.25) is 0 Å². The average Bonchev–Trinajstić information content (AvgIpc) is 3.10. The maximum atomic E-state index is 12.8. The second kappa shape index (κ2) is 7.06. The molecule has 6 nitrogen and oxygen atoms in total. The fourth-order valence-electron chi connectivity index (χ4n) is 3.20. The van der Waals surface area contributed by atoms with Crippen LogP contribution in [-0.4, -0.2) is 33.9 Å². The molecule has 0 aliphatic carbocycles. The number of carbonyl (C=O) groups excluding carboxylic acids is 1. The van der Waals surface area contributed by atoms with E-state index in [1.54, 1.807) is 6.20 Å². The summed E-state index contributed by atoms with van der Waals surface area (Å²) in [5, 5.41) is 5.93. The lowest BCUT2D eigenvalue weighted by molar-refractivity contribution is -0.137. The van der Waals surface area contributed by atoms with Crippen molar-refractivity contribution in [3.05, 3.63) is 48.4 Å². The van der Waals surface area contributed by atoms with Crippen molar-refractivity contribution in [3.8, 4) is 11.1 Å². The summed E-state index contributed by atoms with van der Waals surface area (Å²) in [4.78, 5) is 24.8. The normalized spacial score (nSPS) is 17.0. The highest BCUT2D eigenvalue weighted by Crippen LogP contribution is 2.33. The lowest BCUT2D eigenvalue weighted by Gasteiger charge is -2.13. The fraction of sp³-hybridized carbons (Fsp3) is 0.263. The number of halogens is 3. The van der Waals surface area contributed by atoms with Gasteiger partial charge < -0.3 is 10.6 Å². The SMILES string of the molecule is O=C1NCCC1CNc1ncc(-c2ccc(C(F)(F)F)cc2)c2nccnc12. The van der Waals surface area contributed by atoms with E-state index in [-0.39, 0.29) is 11.8 Å². The van der Waals surface area contributed by atoms with Crippen molar-refractivity contribution in [1.82, 2.24) is 20.3 Å². The maximum Gasteiger partial charge on any atom is 0.416 e. The zero-order valence-electron chi connectivity index (χ0n) is 14.6. The Morgan fingerprint density at radius 1 is 1.07 bits per heavy atom. The van der Waals surface area contributed by atoms with Gasteiger partial charge in [-0.05, 0) is 24.1 Å². The van der Waals surface area contributed by atoms with Gasteiger partial charge in [0.15, 0.2) is 5.82 Å². The number of amides is 1. The molecule has 0 bridgehead atoms. The summed E-state index contributed by atoms with van der Waals surface area (Å²) in [6.07, 6.45) is 0.951. The van der Waals surface area contributed by atoms with Gasteiger partial charge in [-0.25, -0.2) is 9.97 Å². The second-order valence-corrected chi connectivity index (χ2v) is 6.51. The molecule has 1 atom stereocenters. The highest BCUT2D eigenvalue weighted by molar-refractivity contribution is 5.96. The van der Waals surface area contributed by atoms with Crippen LogP contribution in [0, 0.1) is 5.92 Å². The molecule has 2 aromatic heterocycles. The van der Waals surface area contributed by atoms with E-state index in [0.29, 0.717) is 41.1 Å². The minimum atomic E-state index is -4.39. The largest absolute Gasteiger partial charge is 0.416 e. The number of hydrogen-bond acceptors (Lipinski definition) is 5. The van der Waals surface area contributed by atoms with Crippen molar-refractivity contribution >= 4 is 22.8 Å². The number of rotatable bonds is 4. The average molecular weight is 387 g/mol. The second-order valence-electron chi connectivity index (χ2n) is 6.51. The van der Waals surface area contributed by atoms with E-state index in [0.717, 1.165) is 18.6 Å². The third-order valence-corrected chi connectivity index (χ3v) is 4.70. The molecular weight excluding hydrogens is 371 g/mol. The topological polar surface area (TPSA) is 79.8 Å². The van der Waals surface area contributed by atoms with Crippen molar-refractivity contribution in [2.45, 2.75) is 12.6 Å². The van der Waals surface area contributed by atoms with Gasteiger partial charge in [0.25, 0.3) is 0 Å². The van der Waals surface area contributed by atoms with Gasteiger partial charge in [-0.2, -0.15) is 13.2 Å². The maximum absolute atomic E-state index is 12.8. The summed E-state index contributed by atoms with van der Waals surface area (Å²) < 4.78 is 38.4. The van der Waals surface area contributed by atoms with E-state index in [1.165, 1.54) is 24.5 Å². The molecule has 0 saturated carbocycles. The van der Waals surface area contributed by atoms with E-state index in [2.05, 4.69) is 25.6 Å². The number of alkyl halides is 3. The summed E-state index contributed by atoms with van der Waals surface area (Å²) in [5.41, 5.74) is 1.45. The van der Waals surface area contributed by atoms with E-state index in [4.69, 9.17) is 0 Å². The molecule has 1 saturated heterocycles. The van der Waals surface area contributed by atoms with Crippen molar-refractivity contribution in [1.29, 1.82) is 0 Å². The van der Waals surface area contributed by atoms with E-state index in [1.807, 2.05) is 0 Å². The lowest BCUT2D eigenvalue weighted by Crippen LogP contribution is -2.24. The van der Waals surface area contributed by atoms with Gasteiger partial charge in [-0.1, -0.05) is 12.1 Å². The summed E-state index contributed by atoms with van der Waals surface area (Å²) in [5.74, 6) is 0.353. The number of fused-ring (bicyclic) bond motifs is 1. The molecule has 9 heteroatoms. The number of pyridine rings is 1. The Kier molecular flexibility index (Phi) is 4.58. The van der Waals surface area contributed by atoms with Crippen LogP contribution in [0.1, 0.15) is 12.0 Å². The van der Waals surface area contributed by atoms with Crippen LogP contribution in [0.3, 0.4) is 0 Å². The third-order valence-electron chi connectivity index (χ3n) is 4.70. The molecular formula is C19H16F3N5O. The van der Waals surface area contributed by atoms with E-state index < -0.39 is 11.7 Å². The van der Waals surface area contributed by atoms with Gasteiger partial charge in [0.2, 0.25) is 5.91 Å². The predicted molar refractivity (Wildman–Crippen MR) is 97.4 cm³/mol. The van der Waals surface area contributed by atoms with Gasteiger partial charge in [0.1, 0.15) is 11.0 Å². The first-order valence-corrected chi connectivity index (χ1v) is 8.72. The first kappa shape index (κ1) is 18.1. The molecule has 3 aromatic rings. The Morgan fingerprint density at radius 3 is 2.43 bits per heavy atom. The van der Waals surface area contributed by atoms with Crippen molar-refractivity contribution < 1.29 is 18.0 Å². The molecule has 1 fully saturated rings. The molecule has 1 amide bonds. The number of benzene rings is 1. The van der Waals surface area contributed by atoms with Crippen molar-refractivity contribution in [3.63, 3.8) is 0 Å². The minimum absolute atomic E-state index is 0.00395. The summed E-state index contributed by atoms with van der Waals surface area (Å²) in [6, 6.07) is 4.85. The van der Waals surface area contributed by atoms with E-state index >= 15 is 0 Å². The Labute approximate surface area is 158 Å². The number of carbonyl (C=O) groups is 1. The molecule has 4 rings (SSSR count). The number of nitrogens with one attached hydrogen (secondary N) is 2. The summed E-state index contributed by atoms with van der Waals surface area (Å²) in [6.45, 7) is 1.08. The highest BCUT2D eigenvalue weighted by atomic mass is 19.4. The van der Waals surface area contributed by atoms with Crippen LogP contribution >= 0.6 is 0 Å². The van der Waals surface area contributed by atoms with Gasteiger partial charge in [0, 0.05) is 37.2 Å². The standard InChI is InChI=1S/C19H16F3N5O/c20-19(21,22)13-3-1-11(2-4-13)14-10-27-17(16-15(14)23-7-8-24-16)26-9-12-5-6-25-18(12)28/h1-4,7-8,10,12H,5-6,9H2,(H,25,28)(H,26,27). The van der Waals surface area contributed by atoms with Gasteiger partial charge in [-0.15, -0.1) is 0 Å². The third kappa shape index (κ3) is 3.47. The molecule has 1 unspecified atom stereocenters. The molecule has 1 aliphatic heterocycles. The minimum Gasteiger partial charge on any atom is -0.367 e. The Hall–Kier alpha value is -3.23. The molecule has 3 heterocycles. The van der Waals surface area contributed by atoms with Crippen LogP contribution in [0.25, 0.3) is 22.2 Å². The first-order chi connectivity index (χ1) is 13.4. The van der Waals surface area contributed by atoms with Crippen molar-refractivity contribution in [2.24, 2.45) is 5.92 Å². The monoisotopic (exact) mass is 387 g/mol. The summed E-state index contributed by atoms with van der Waals surface area (Å²) in [7, 11) is 0. The van der Waals surface area contributed by atoms with Gasteiger partial charge >= 0.3 is 6.18 Å². The smallest absolute Gasteiger partial charge is 0.367 e. The lowest BCUT2D eigenvalue weighted by atomic mass is 10.0. The molecule has 144 valence electrons. The molecule has 0 spiro atoms. The number of anilines is 1. The Bertz CT molecular complexity index is 1020. The molecule has 2 N–H and O–H groups in total. The molecule has 1 aliphatic rings. The van der Waals surface area contributed by atoms with Crippen molar-refractivity contribution in [2.75, 3.05) is 18.4 Å². The van der Waals surface area contributed by atoms with Gasteiger partial charge in [0.05, 0.1) is 11.5 Å². The quantitative estimate of drug-likeness (QED) is 0.718. The Balaban J connectivity index is 1.66. The molecule has 1 aromatic carbocycles. The summed E-state index contributed by atoms with van der Waals surface area (Å²) >= 11 is 0. The number of aromatic nitrogens is 3. The van der Waals surface area contributed by atoms with Gasteiger partial charge in [-0.3, -0.25) is 9.78 Å². The molecule has 28 heavy (non-hydrogen) atoms. The zero-order chi connectivity index (χ0) is 19.7. The van der Waals surface area contributed by atoms with Crippen LogP contribution in [0.4, 0.5) is 19.0 Å². The Morgan fingerprint density at radius 2 is 1.79 bits per heavy atom. The number of hydrogen-bond donors (Lipinski definition) is 2. The fourth-order valence-corrected chi connectivity index (χ4v) is 3.20.